The lowest BCUT2D eigenvalue weighted by atomic mass is 10.0. The first-order valence-electron chi connectivity index (χ1n) is 8.85. The minimum absolute atomic E-state index is 0.0700. The molecule has 0 aliphatic carbocycles. The summed E-state index contributed by atoms with van der Waals surface area (Å²) in [5, 5.41) is 7.11. The molecule has 1 N–H and O–H groups in total. The highest BCUT2D eigenvalue weighted by Crippen LogP contribution is 2.23. The average Bonchev–Trinajstić information content (AvgIpc) is 2.97. The number of hydrogen-bond donors (Lipinski definition) is 1. The molecule has 5 nitrogen and oxygen atoms in total. The van der Waals surface area contributed by atoms with Gasteiger partial charge in [0.2, 0.25) is 0 Å². The Balaban J connectivity index is 2.15. The topological polar surface area (TPSA) is 58.4 Å². The van der Waals surface area contributed by atoms with E-state index in [0.29, 0.717) is 19.0 Å². The van der Waals surface area contributed by atoms with Crippen LogP contribution >= 0.6 is 0 Å². The highest BCUT2D eigenvalue weighted by molar-refractivity contribution is 5.74. The molecule has 0 unspecified atom stereocenters. The number of aryl methyl sites for hydroxylation is 2. The predicted molar refractivity (Wildman–Crippen MR) is 100 cm³/mol. The fourth-order valence-corrected chi connectivity index (χ4v) is 2.61. The molecule has 0 saturated heterocycles. The molecule has 5 heteroatoms. The molecule has 2 aromatic rings. The van der Waals surface area contributed by atoms with E-state index in [1.54, 1.807) is 4.90 Å². The maximum Gasteiger partial charge on any atom is 0.317 e. The summed E-state index contributed by atoms with van der Waals surface area (Å²) in [7, 11) is 0. The third kappa shape index (κ3) is 5.34. The molecule has 0 radical (unpaired) electrons. The summed E-state index contributed by atoms with van der Waals surface area (Å²) in [6.45, 7) is 13.4. The van der Waals surface area contributed by atoms with Gasteiger partial charge in [0.15, 0.2) is 5.76 Å². The van der Waals surface area contributed by atoms with Gasteiger partial charge in [0, 0.05) is 24.2 Å². The molecule has 25 heavy (non-hydrogen) atoms. The van der Waals surface area contributed by atoms with Gasteiger partial charge in [0.05, 0.1) is 6.54 Å². The van der Waals surface area contributed by atoms with Gasteiger partial charge in [0.1, 0.15) is 5.69 Å². The zero-order valence-electron chi connectivity index (χ0n) is 16.1. The SMILES string of the molecule is Cc1ccc(-c2cc(CN(CC(C)C)C(=O)NC(C)C)no2)cc1C. The van der Waals surface area contributed by atoms with Gasteiger partial charge in [-0.05, 0) is 50.8 Å². The van der Waals surface area contributed by atoms with E-state index < -0.39 is 0 Å². The molecular weight excluding hydrogens is 314 g/mol. The second-order valence-electron chi connectivity index (χ2n) is 7.36. The Morgan fingerprint density at radius 1 is 1.16 bits per heavy atom. The van der Waals surface area contributed by atoms with Crippen LogP contribution in [0.25, 0.3) is 11.3 Å². The number of carbonyl (C=O) groups excluding carboxylic acids is 1. The van der Waals surface area contributed by atoms with Crippen molar-refractivity contribution >= 4 is 6.03 Å². The number of amides is 2. The van der Waals surface area contributed by atoms with E-state index in [1.807, 2.05) is 26.0 Å². The van der Waals surface area contributed by atoms with Crippen LogP contribution in [0.4, 0.5) is 4.79 Å². The van der Waals surface area contributed by atoms with Crippen LogP contribution < -0.4 is 5.32 Å². The molecule has 0 aliphatic rings. The van der Waals surface area contributed by atoms with Gasteiger partial charge in [-0.2, -0.15) is 0 Å². The molecular formula is C20H29N3O2. The number of urea groups is 1. The van der Waals surface area contributed by atoms with Gasteiger partial charge >= 0.3 is 6.03 Å². The standard InChI is InChI=1S/C20H29N3O2/c1-13(2)11-23(20(24)21-14(3)4)12-18-10-19(25-22-18)17-8-7-15(5)16(6)9-17/h7-10,13-14H,11-12H2,1-6H3,(H,21,24). The molecule has 0 saturated carbocycles. The van der Waals surface area contributed by atoms with Gasteiger partial charge in [-0.15, -0.1) is 0 Å². The average molecular weight is 343 g/mol. The largest absolute Gasteiger partial charge is 0.356 e. The van der Waals surface area contributed by atoms with E-state index in [0.717, 1.165) is 17.0 Å². The van der Waals surface area contributed by atoms with Crippen molar-refractivity contribution in [3.63, 3.8) is 0 Å². The van der Waals surface area contributed by atoms with Crippen molar-refractivity contribution in [2.24, 2.45) is 5.92 Å². The zero-order chi connectivity index (χ0) is 18.6. The smallest absolute Gasteiger partial charge is 0.317 e. The van der Waals surface area contributed by atoms with E-state index in [-0.39, 0.29) is 12.1 Å². The number of hydrogen-bond acceptors (Lipinski definition) is 3. The first-order chi connectivity index (χ1) is 11.8. The lowest BCUT2D eigenvalue weighted by molar-refractivity contribution is 0.183. The minimum atomic E-state index is -0.0700. The van der Waals surface area contributed by atoms with Crippen LogP contribution in [0.5, 0.6) is 0 Å². The van der Waals surface area contributed by atoms with Crippen LogP contribution in [-0.2, 0) is 6.54 Å². The summed E-state index contributed by atoms with van der Waals surface area (Å²) in [6, 6.07) is 8.15. The second-order valence-corrected chi connectivity index (χ2v) is 7.36. The van der Waals surface area contributed by atoms with Crippen molar-refractivity contribution in [2.75, 3.05) is 6.54 Å². The highest BCUT2D eigenvalue weighted by Gasteiger charge is 2.18. The normalized spacial score (nSPS) is 11.2. The first kappa shape index (κ1) is 19.0. The fourth-order valence-electron chi connectivity index (χ4n) is 2.61. The van der Waals surface area contributed by atoms with Gasteiger partial charge in [-0.25, -0.2) is 4.79 Å². The lowest BCUT2D eigenvalue weighted by Gasteiger charge is -2.25. The Kier molecular flexibility index (Phi) is 6.23. The maximum atomic E-state index is 12.4. The zero-order valence-corrected chi connectivity index (χ0v) is 16.1. The minimum Gasteiger partial charge on any atom is -0.356 e. The Bertz CT molecular complexity index is 719. The van der Waals surface area contributed by atoms with Crippen LogP contribution in [-0.4, -0.2) is 28.7 Å². The Hall–Kier alpha value is -2.30. The molecule has 2 rings (SSSR count). The Morgan fingerprint density at radius 3 is 2.48 bits per heavy atom. The molecule has 0 spiro atoms. The van der Waals surface area contributed by atoms with Gasteiger partial charge in [-0.1, -0.05) is 31.1 Å². The number of rotatable bonds is 6. The van der Waals surface area contributed by atoms with E-state index in [9.17, 15) is 4.79 Å². The summed E-state index contributed by atoms with van der Waals surface area (Å²) in [5.41, 5.74) is 4.22. The molecule has 2 amide bonds. The number of carbonyl (C=O) groups is 1. The summed E-state index contributed by atoms with van der Waals surface area (Å²) in [6.07, 6.45) is 0. The van der Waals surface area contributed by atoms with E-state index in [2.05, 4.69) is 50.3 Å². The van der Waals surface area contributed by atoms with E-state index >= 15 is 0 Å². The fraction of sp³-hybridized carbons (Fsp3) is 0.500. The van der Waals surface area contributed by atoms with Crippen LogP contribution in [0.3, 0.4) is 0 Å². The molecule has 0 aliphatic heterocycles. The molecule has 0 bridgehead atoms. The van der Waals surface area contributed by atoms with Crippen LogP contribution in [0.2, 0.25) is 0 Å². The lowest BCUT2D eigenvalue weighted by Crippen LogP contribution is -2.44. The predicted octanol–water partition coefficient (Wildman–Crippen LogP) is 4.53. The molecule has 136 valence electrons. The van der Waals surface area contributed by atoms with Crippen molar-refractivity contribution < 1.29 is 9.32 Å². The summed E-state index contributed by atoms with van der Waals surface area (Å²) in [4.78, 5) is 14.2. The monoisotopic (exact) mass is 343 g/mol. The van der Waals surface area contributed by atoms with Crippen molar-refractivity contribution in [1.82, 2.24) is 15.4 Å². The quantitative estimate of drug-likeness (QED) is 0.838. The number of nitrogens with one attached hydrogen (secondary N) is 1. The molecule has 0 fully saturated rings. The maximum absolute atomic E-state index is 12.4. The molecule has 0 atom stereocenters. The highest BCUT2D eigenvalue weighted by atomic mass is 16.5. The third-order valence-electron chi connectivity index (χ3n) is 3.99. The molecule has 1 aromatic carbocycles. The van der Waals surface area contributed by atoms with E-state index in [1.165, 1.54) is 11.1 Å². The summed E-state index contributed by atoms with van der Waals surface area (Å²) >= 11 is 0. The Labute approximate surface area is 150 Å². The van der Waals surface area contributed by atoms with Gasteiger partial charge in [-0.3, -0.25) is 0 Å². The van der Waals surface area contributed by atoms with Crippen LogP contribution in [0.1, 0.15) is 44.5 Å². The van der Waals surface area contributed by atoms with Crippen molar-refractivity contribution in [3.05, 3.63) is 41.1 Å². The first-order valence-corrected chi connectivity index (χ1v) is 8.85. The third-order valence-corrected chi connectivity index (χ3v) is 3.99. The van der Waals surface area contributed by atoms with E-state index in [4.69, 9.17) is 4.52 Å². The van der Waals surface area contributed by atoms with Crippen LogP contribution in [0.15, 0.2) is 28.8 Å². The van der Waals surface area contributed by atoms with Crippen molar-refractivity contribution in [1.29, 1.82) is 0 Å². The summed E-state index contributed by atoms with van der Waals surface area (Å²) < 4.78 is 5.50. The Morgan fingerprint density at radius 2 is 1.88 bits per heavy atom. The van der Waals surface area contributed by atoms with Crippen molar-refractivity contribution in [2.45, 2.75) is 54.1 Å². The van der Waals surface area contributed by atoms with Crippen molar-refractivity contribution in [3.8, 4) is 11.3 Å². The second kappa shape index (κ2) is 8.19. The van der Waals surface area contributed by atoms with Crippen LogP contribution in [0, 0.1) is 19.8 Å². The number of aromatic nitrogens is 1. The molecule has 1 aromatic heterocycles. The number of nitrogens with zero attached hydrogens (tertiary/aromatic N) is 2. The summed E-state index contributed by atoms with van der Waals surface area (Å²) in [5.74, 6) is 1.11. The molecule has 1 heterocycles. The number of benzene rings is 1. The van der Waals surface area contributed by atoms with Gasteiger partial charge in [0.25, 0.3) is 0 Å². The van der Waals surface area contributed by atoms with Gasteiger partial charge < -0.3 is 14.7 Å².